The van der Waals surface area contributed by atoms with Crippen molar-refractivity contribution in [3.63, 3.8) is 0 Å². The average Bonchev–Trinajstić information content (AvgIpc) is 2.48. The van der Waals surface area contributed by atoms with Gasteiger partial charge in [0.05, 0.1) is 17.6 Å². The molecule has 1 atom stereocenters. The molecule has 118 valence electrons. The molecule has 0 bridgehead atoms. The zero-order valence-corrected chi connectivity index (χ0v) is 13.3. The number of likely N-dealkylation sites (N-methyl/N-ethyl adjacent to an activating group) is 1. The number of benzene rings is 1. The Bertz CT molecular complexity index is 589. The fourth-order valence-corrected chi connectivity index (χ4v) is 3.44. The van der Waals surface area contributed by atoms with Crippen LogP contribution in [0.25, 0.3) is 0 Å². The Morgan fingerprint density at radius 2 is 2.24 bits per heavy atom. The van der Waals surface area contributed by atoms with E-state index in [0.717, 1.165) is 25.2 Å². The zero-order valence-electron chi connectivity index (χ0n) is 12.5. The molecule has 1 fully saturated rings. The summed E-state index contributed by atoms with van der Waals surface area (Å²) in [5, 5.41) is 0. The van der Waals surface area contributed by atoms with E-state index in [9.17, 15) is 8.42 Å². The summed E-state index contributed by atoms with van der Waals surface area (Å²) in [5.74, 6) is 0. The first-order valence-electron chi connectivity index (χ1n) is 7.12. The Balaban J connectivity index is 1.99. The number of nitrogens with two attached hydrogens (primary N) is 1. The van der Waals surface area contributed by atoms with Gasteiger partial charge in [0.1, 0.15) is 0 Å². The number of rotatable bonds is 5. The molecule has 1 saturated heterocycles. The lowest BCUT2D eigenvalue weighted by Crippen LogP contribution is -2.47. The van der Waals surface area contributed by atoms with Crippen LogP contribution < -0.4 is 10.5 Å². The molecule has 7 heteroatoms. The lowest BCUT2D eigenvalue weighted by molar-refractivity contribution is -0.0229. The highest BCUT2D eigenvalue weighted by Crippen LogP contribution is 2.17. The molecule has 0 aliphatic carbocycles. The van der Waals surface area contributed by atoms with Crippen LogP contribution in [0.3, 0.4) is 0 Å². The highest BCUT2D eigenvalue weighted by Gasteiger charge is 2.22. The molecule has 0 amide bonds. The van der Waals surface area contributed by atoms with Crippen molar-refractivity contribution in [3.8, 4) is 0 Å². The second-order valence-corrected chi connectivity index (χ2v) is 7.02. The van der Waals surface area contributed by atoms with Crippen LogP contribution in [0.1, 0.15) is 12.5 Å². The summed E-state index contributed by atoms with van der Waals surface area (Å²) in [7, 11) is -3.53. The number of morpholine rings is 1. The minimum Gasteiger partial charge on any atom is -0.399 e. The molecule has 1 unspecified atom stereocenters. The second-order valence-electron chi connectivity index (χ2n) is 5.26. The van der Waals surface area contributed by atoms with Gasteiger partial charge in [0.25, 0.3) is 0 Å². The maximum atomic E-state index is 12.3. The van der Waals surface area contributed by atoms with Gasteiger partial charge in [-0.1, -0.05) is 6.92 Å². The van der Waals surface area contributed by atoms with Crippen LogP contribution in [0.2, 0.25) is 0 Å². The average molecular weight is 313 g/mol. The molecule has 1 aromatic carbocycles. The maximum absolute atomic E-state index is 12.3. The molecule has 1 aliphatic heterocycles. The van der Waals surface area contributed by atoms with Crippen LogP contribution in [-0.4, -0.2) is 52.2 Å². The number of hydrogen-bond donors (Lipinski definition) is 2. The van der Waals surface area contributed by atoms with Gasteiger partial charge in [-0.15, -0.1) is 0 Å². The smallest absolute Gasteiger partial charge is 0.240 e. The van der Waals surface area contributed by atoms with Crippen molar-refractivity contribution < 1.29 is 13.2 Å². The summed E-state index contributed by atoms with van der Waals surface area (Å²) in [5.41, 5.74) is 7.05. The molecule has 3 N–H and O–H groups in total. The Morgan fingerprint density at radius 1 is 1.48 bits per heavy atom. The molecule has 1 aliphatic rings. The van der Waals surface area contributed by atoms with Crippen LogP contribution in [0, 0.1) is 6.92 Å². The van der Waals surface area contributed by atoms with Crippen molar-refractivity contribution in [2.45, 2.75) is 24.8 Å². The summed E-state index contributed by atoms with van der Waals surface area (Å²) < 4.78 is 32.7. The van der Waals surface area contributed by atoms with Gasteiger partial charge in [0.15, 0.2) is 0 Å². The molecule has 0 spiro atoms. The van der Waals surface area contributed by atoms with Gasteiger partial charge in [0, 0.05) is 25.3 Å². The minimum absolute atomic E-state index is 0.108. The summed E-state index contributed by atoms with van der Waals surface area (Å²) in [6.45, 7) is 7.39. The van der Waals surface area contributed by atoms with E-state index in [1.165, 1.54) is 6.07 Å². The van der Waals surface area contributed by atoms with E-state index in [0.29, 0.717) is 12.3 Å². The third-order valence-electron chi connectivity index (χ3n) is 3.72. The van der Waals surface area contributed by atoms with Crippen molar-refractivity contribution in [1.82, 2.24) is 9.62 Å². The molecule has 0 aromatic heterocycles. The molecule has 6 nitrogen and oxygen atoms in total. The van der Waals surface area contributed by atoms with Crippen molar-refractivity contribution >= 4 is 15.7 Å². The van der Waals surface area contributed by atoms with E-state index in [4.69, 9.17) is 10.5 Å². The number of ether oxygens (including phenoxy) is 1. The van der Waals surface area contributed by atoms with Crippen LogP contribution in [-0.2, 0) is 14.8 Å². The van der Waals surface area contributed by atoms with Gasteiger partial charge in [-0.25, -0.2) is 13.1 Å². The number of hydrogen-bond acceptors (Lipinski definition) is 5. The Labute approximate surface area is 126 Å². The number of anilines is 1. The molecular weight excluding hydrogens is 290 g/mol. The first-order chi connectivity index (χ1) is 9.92. The number of sulfonamides is 1. The Kier molecular flexibility index (Phi) is 5.21. The summed E-state index contributed by atoms with van der Waals surface area (Å²) in [6, 6.07) is 4.71. The van der Waals surface area contributed by atoms with Crippen LogP contribution in [0.5, 0.6) is 0 Å². The monoisotopic (exact) mass is 313 g/mol. The second kappa shape index (κ2) is 6.74. The first-order valence-corrected chi connectivity index (χ1v) is 8.60. The number of nitrogen functional groups attached to an aromatic ring is 1. The summed E-state index contributed by atoms with van der Waals surface area (Å²) in [4.78, 5) is 2.48. The number of nitrogens with one attached hydrogen (secondary N) is 1. The van der Waals surface area contributed by atoms with Crippen molar-refractivity contribution in [1.29, 1.82) is 0 Å². The quantitative estimate of drug-likeness (QED) is 0.777. The largest absolute Gasteiger partial charge is 0.399 e. The van der Waals surface area contributed by atoms with Crippen LogP contribution >= 0.6 is 0 Å². The topological polar surface area (TPSA) is 84.7 Å². The van der Waals surface area contributed by atoms with Crippen molar-refractivity contribution in [3.05, 3.63) is 23.8 Å². The van der Waals surface area contributed by atoms with E-state index in [1.807, 2.05) is 0 Å². The van der Waals surface area contributed by atoms with E-state index in [1.54, 1.807) is 19.1 Å². The van der Waals surface area contributed by atoms with Crippen molar-refractivity contribution in [2.24, 2.45) is 0 Å². The fraction of sp³-hybridized carbons (Fsp3) is 0.571. The minimum atomic E-state index is -3.53. The van der Waals surface area contributed by atoms with Crippen LogP contribution in [0.15, 0.2) is 23.1 Å². The SMILES string of the molecule is CCN1CCOC(CNS(=O)(=O)c2ccc(N)c(C)c2)C1. The third-order valence-corrected chi connectivity index (χ3v) is 5.14. The summed E-state index contributed by atoms with van der Waals surface area (Å²) >= 11 is 0. The normalized spacial score (nSPS) is 20.6. The summed E-state index contributed by atoms with van der Waals surface area (Å²) in [6.07, 6.45) is -0.108. The van der Waals surface area contributed by atoms with Gasteiger partial charge < -0.3 is 10.5 Å². The molecule has 21 heavy (non-hydrogen) atoms. The Hall–Kier alpha value is -1.15. The van der Waals surface area contributed by atoms with Gasteiger partial charge in [0.2, 0.25) is 10.0 Å². The third kappa shape index (κ3) is 4.16. The lowest BCUT2D eigenvalue weighted by Gasteiger charge is -2.32. The fourth-order valence-electron chi connectivity index (χ4n) is 2.29. The number of aryl methyl sites for hydroxylation is 1. The predicted octanol–water partition coefficient (Wildman–Crippen LogP) is 0.576. The highest BCUT2D eigenvalue weighted by molar-refractivity contribution is 7.89. The lowest BCUT2D eigenvalue weighted by atomic mass is 10.2. The predicted molar refractivity (Wildman–Crippen MR) is 82.6 cm³/mol. The Morgan fingerprint density at radius 3 is 2.90 bits per heavy atom. The highest BCUT2D eigenvalue weighted by atomic mass is 32.2. The van der Waals surface area contributed by atoms with E-state index in [2.05, 4.69) is 16.5 Å². The number of nitrogens with zero attached hydrogens (tertiary/aromatic N) is 1. The zero-order chi connectivity index (χ0) is 15.5. The van der Waals surface area contributed by atoms with Crippen molar-refractivity contribution in [2.75, 3.05) is 38.5 Å². The van der Waals surface area contributed by atoms with E-state index in [-0.39, 0.29) is 17.5 Å². The van der Waals surface area contributed by atoms with Gasteiger partial charge in [-0.05, 0) is 37.2 Å². The van der Waals surface area contributed by atoms with Crippen LogP contribution in [0.4, 0.5) is 5.69 Å². The molecule has 1 heterocycles. The first kappa shape index (κ1) is 16.2. The van der Waals surface area contributed by atoms with Gasteiger partial charge in [-0.2, -0.15) is 0 Å². The molecule has 1 aromatic rings. The molecular formula is C14H23N3O3S. The molecule has 0 saturated carbocycles. The molecule has 2 rings (SSSR count). The maximum Gasteiger partial charge on any atom is 0.240 e. The standard InChI is InChI=1S/C14H23N3O3S/c1-3-17-6-7-20-12(10-17)9-16-21(18,19)13-4-5-14(15)11(2)8-13/h4-5,8,12,16H,3,6-7,9-10,15H2,1-2H3. The van der Waals surface area contributed by atoms with E-state index < -0.39 is 10.0 Å². The van der Waals surface area contributed by atoms with Gasteiger partial charge >= 0.3 is 0 Å². The van der Waals surface area contributed by atoms with Gasteiger partial charge in [-0.3, -0.25) is 4.90 Å². The van der Waals surface area contributed by atoms with E-state index >= 15 is 0 Å². The molecule has 0 radical (unpaired) electrons.